The summed E-state index contributed by atoms with van der Waals surface area (Å²) in [6.07, 6.45) is 1.75. The number of ether oxygens (including phenoxy) is 1. The summed E-state index contributed by atoms with van der Waals surface area (Å²) in [4.78, 5) is 4.32. The molecule has 0 unspecified atom stereocenters. The zero-order valence-corrected chi connectivity index (χ0v) is 12.3. The van der Waals surface area contributed by atoms with E-state index in [0.29, 0.717) is 12.4 Å². The first-order valence-corrected chi connectivity index (χ1v) is 7.07. The molecular weight excluding hydrogens is 316 g/mol. The van der Waals surface area contributed by atoms with E-state index in [1.165, 1.54) is 0 Å². The van der Waals surface area contributed by atoms with E-state index in [9.17, 15) is 0 Å². The fourth-order valence-corrected chi connectivity index (χ4v) is 2.53. The second-order valence-corrected chi connectivity index (χ2v) is 5.26. The van der Waals surface area contributed by atoms with Crippen LogP contribution in [-0.2, 0) is 6.54 Å². The largest absolute Gasteiger partial charge is 0.438 e. The highest BCUT2D eigenvalue weighted by molar-refractivity contribution is 9.10. The van der Waals surface area contributed by atoms with E-state index < -0.39 is 0 Å². The summed E-state index contributed by atoms with van der Waals surface area (Å²) in [5.74, 6) is 1.35. The van der Waals surface area contributed by atoms with Gasteiger partial charge in [0.15, 0.2) is 0 Å². The van der Waals surface area contributed by atoms with Crippen molar-refractivity contribution in [3.8, 4) is 11.6 Å². The lowest BCUT2D eigenvalue weighted by Gasteiger charge is -2.09. The quantitative estimate of drug-likeness (QED) is 0.781. The van der Waals surface area contributed by atoms with Gasteiger partial charge in [0.25, 0.3) is 0 Å². The zero-order chi connectivity index (χ0) is 13.9. The van der Waals surface area contributed by atoms with Crippen LogP contribution < -0.4 is 10.5 Å². The van der Waals surface area contributed by atoms with Gasteiger partial charge in [0.05, 0.1) is 0 Å². The topological polar surface area (TPSA) is 48.1 Å². The van der Waals surface area contributed by atoms with Gasteiger partial charge in [-0.3, -0.25) is 0 Å². The molecule has 0 atom stereocenters. The van der Waals surface area contributed by atoms with Gasteiger partial charge >= 0.3 is 0 Å². The molecule has 0 saturated heterocycles. The van der Waals surface area contributed by atoms with Gasteiger partial charge in [-0.1, -0.05) is 34.1 Å². The van der Waals surface area contributed by atoms with Crippen molar-refractivity contribution >= 4 is 26.7 Å². The Bertz CT molecular complexity index is 741. The number of benzene rings is 2. The molecule has 1 aromatic heterocycles. The van der Waals surface area contributed by atoms with Crippen molar-refractivity contribution in [2.45, 2.75) is 6.54 Å². The van der Waals surface area contributed by atoms with E-state index >= 15 is 0 Å². The van der Waals surface area contributed by atoms with Crippen molar-refractivity contribution < 1.29 is 4.74 Å². The number of halogens is 1. The third-order valence-electron chi connectivity index (χ3n) is 3.09. The highest BCUT2D eigenvalue weighted by atomic mass is 79.9. The molecule has 0 amide bonds. The van der Waals surface area contributed by atoms with Crippen LogP contribution in [0.1, 0.15) is 5.56 Å². The maximum atomic E-state index is 5.87. The van der Waals surface area contributed by atoms with Gasteiger partial charge in [-0.15, -0.1) is 0 Å². The first-order valence-electron chi connectivity index (χ1n) is 6.28. The fraction of sp³-hybridized carbons (Fsp3) is 0.0625. The summed E-state index contributed by atoms with van der Waals surface area (Å²) >= 11 is 3.54. The minimum Gasteiger partial charge on any atom is -0.438 e. The van der Waals surface area contributed by atoms with E-state index in [1.54, 1.807) is 6.20 Å². The van der Waals surface area contributed by atoms with Gasteiger partial charge in [-0.25, -0.2) is 4.98 Å². The average molecular weight is 329 g/mol. The standard InChI is InChI=1S/C16H13BrN2O/c17-15-3-1-2-14-13(15)8-9-19-16(14)20-12-6-4-11(10-18)5-7-12/h1-9H,10,18H2. The molecule has 2 N–H and O–H groups in total. The number of hydrogen-bond acceptors (Lipinski definition) is 3. The molecule has 20 heavy (non-hydrogen) atoms. The minimum absolute atomic E-state index is 0.528. The average Bonchev–Trinajstić information content (AvgIpc) is 2.49. The van der Waals surface area contributed by atoms with Crippen molar-refractivity contribution in [1.82, 2.24) is 4.98 Å². The molecule has 0 bridgehead atoms. The molecule has 3 rings (SSSR count). The molecule has 0 saturated carbocycles. The van der Waals surface area contributed by atoms with E-state index in [0.717, 1.165) is 26.6 Å². The van der Waals surface area contributed by atoms with Gasteiger partial charge in [-0.05, 0) is 35.9 Å². The van der Waals surface area contributed by atoms with Gasteiger partial charge in [0, 0.05) is 28.0 Å². The van der Waals surface area contributed by atoms with Crippen molar-refractivity contribution in [1.29, 1.82) is 0 Å². The van der Waals surface area contributed by atoms with E-state index in [4.69, 9.17) is 10.5 Å². The van der Waals surface area contributed by atoms with Gasteiger partial charge in [-0.2, -0.15) is 0 Å². The first kappa shape index (κ1) is 13.1. The number of fused-ring (bicyclic) bond motifs is 1. The molecule has 1 heterocycles. The number of aromatic nitrogens is 1. The van der Waals surface area contributed by atoms with Gasteiger partial charge in [0.2, 0.25) is 5.88 Å². The summed E-state index contributed by atoms with van der Waals surface area (Å²) < 4.78 is 6.90. The highest BCUT2D eigenvalue weighted by Crippen LogP contribution is 2.31. The van der Waals surface area contributed by atoms with Crippen LogP contribution in [0.25, 0.3) is 10.8 Å². The smallest absolute Gasteiger partial charge is 0.227 e. The second kappa shape index (κ2) is 5.61. The van der Waals surface area contributed by atoms with Crippen LogP contribution in [0, 0.1) is 0 Å². The third kappa shape index (κ3) is 2.53. The number of hydrogen-bond donors (Lipinski definition) is 1. The van der Waals surface area contributed by atoms with Crippen LogP contribution >= 0.6 is 15.9 Å². The van der Waals surface area contributed by atoms with Crippen molar-refractivity contribution in [3.63, 3.8) is 0 Å². The Kier molecular flexibility index (Phi) is 3.67. The molecule has 0 spiro atoms. The normalized spacial score (nSPS) is 10.7. The van der Waals surface area contributed by atoms with E-state index in [-0.39, 0.29) is 0 Å². The Labute approximate surface area is 125 Å². The lowest BCUT2D eigenvalue weighted by atomic mass is 10.2. The molecule has 0 aliphatic rings. The molecule has 0 fully saturated rings. The van der Waals surface area contributed by atoms with E-state index in [1.807, 2.05) is 48.5 Å². The van der Waals surface area contributed by atoms with Crippen LogP contribution in [0.4, 0.5) is 0 Å². The Morgan fingerprint density at radius 3 is 2.55 bits per heavy atom. The Balaban J connectivity index is 1.99. The van der Waals surface area contributed by atoms with Crippen molar-refractivity contribution in [2.75, 3.05) is 0 Å². The lowest BCUT2D eigenvalue weighted by Crippen LogP contribution is -1.95. The van der Waals surface area contributed by atoms with Gasteiger partial charge in [0.1, 0.15) is 5.75 Å². The second-order valence-electron chi connectivity index (χ2n) is 4.40. The fourth-order valence-electron chi connectivity index (χ4n) is 2.03. The molecule has 3 nitrogen and oxygen atoms in total. The predicted octanol–water partition coefficient (Wildman–Crippen LogP) is 4.25. The van der Waals surface area contributed by atoms with Crippen molar-refractivity contribution in [3.05, 3.63) is 64.8 Å². The molecule has 100 valence electrons. The summed E-state index contributed by atoms with van der Waals surface area (Å²) in [5, 5.41) is 2.06. The number of pyridine rings is 1. The monoisotopic (exact) mass is 328 g/mol. The first-order chi connectivity index (χ1) is 9.78. The third-order valence-corrected chi connectivity index (χ3v) is 3.78. The van der Waals surface area contributed by atoms with Gasteiger partial charge < -0.3 is 10.5 Å². The number of rotatable bonds is 3. The summed E-state index contributed by atoms with van der Waals surface area (Å²) in [5.41, 5.74) is 6.66. The molecule has 2 aromatic carbocycles. The van der Waals surface area contributed by atoms with Crippen LogP contribution in [0.3, 0.4) is 0 Å². The molecular formula is C16H13BrN2O. The Hall–Kier alpha value is -1.91. The summed E-state index contributed by atoms with van der Waals surface area (Å²) in [6.45, 7) is 0.528. The number of nitrogens with two attached hydrogens (primary N) is 1. The van der Waals surface area contributed by atoms with Crippen LogP contribution in [0.2, 0.25) is 0 Å². The summed E-state index contributed by atoms with van der Waals surface area (Å²) in [6, 6.07) is 15.6. The lowest BCUT2D eigenvalue weighted by molar-refractivity contribution is 0.469. The van der Waals surface area contributed by atoms with Crippen molar-refractivity contribution in [2.24, 2.45) is 5.73 Å². The number of nitrogens with zero attached hydrogens (tertiary/aromatic N) is 1. The predicted molar refractivity (Wildman–Crippen MR) is 83.9 cm³/mol. The van der Waals surface area contributed by atoms with Crippen LogP contribution in [0.15, 0.2) is 59.2 Å². The SMILES string of the molecule is NCc1ccc(Oc2nccc3c(Br)cccc23)cc1. The molecule has 0 aliphatic heterocycles. The molecule has 0 aliphatic carbocycles. The van der Waals surface area contributed by atoms with E-state index in [2.05, 4.69) is 20.9 Å². The Morgan fingerprint density at radius 1 is 1.00 bits per heavy atom. The zero-order valence-electron chi connectivity index (χ0n) is 10.7. The summed E-state index contributed by atoms with van der Waals surface area (Å²) in [7, 11) is 0. The molecule has 4 heteroatoms. The molecule has 3 aromatic rings. The van der Waals surface area contributed by atoms with Crippen LogP contribution in [0.5, 0.6) is 11.6 Å². The Morgan fingerprint density at radius 2 is 1.80 bits per heavy atom. The maximum Gasteiger partial charge on any atom is 0.227 e. The van der Waals surface area contributed by atoms with Crippen LogP contribution in [-0.4, -0.2) is 4.98 Å². The molecule has 0 radical (unpaired) electrons. The minimum atomic E-state index is 0.528. The highest BCUT2D eigenvalue weighted by Gasteiger charge is 2.06. The maximum absolute atomic E-state index is 5.87.